The molecule has 3 amide bonds. The van der Waals surface area contributed by atoms with Gasteiger partial charge in [-0.25, -0.2) is 13.2 Å². The van der Waals surface area contributed by atoms with Gasteiger partial charge in [-0.15, -0.1) is 0 Å². The van der Waals surface area contributed by atoms with Crippen molar-refractivity contribution < 1.29 is 27.5 Å². The predicted octanol–water partition coefficient (Wildman–Crippen LogP) is 0.298. The summed E-state index contributed by atoms with van der Waals surface area (Å²) in [6.45, 7) is 7.23. The SMILES string of the molecule is CC(C)(C)OC(=O)N1CCN(C(=O)CNc2cccc(S(=O)(=O)N3CCNC(=O)C3)c2)CC1. The molecule has 2 fully saturated rings. The number of piperazine rings is 2. The molecule has 0 saturated carbocycles. The first-order valence-electron chi connectivity index (χ1n) is 10.8. The van der Waals surface area contributed by atoms with Crippen LogP contribution in [0.1, 0.15) is 20.8 Å². The van der Waals surface area contributed by atoms with Gasteiger partial charge in [0.15, 0.2) is 0 Å². The molecule has 11 nitrogen and oxygen atoms in total. The summed E-state index contributed by atoms with van der Waals surface area (Å²) in [5.74, 6) is -0.490. The molecule has 33 heavy (non-hydrogen) atoms. The van der Waals surface area contributed by atoms with Gasteiger partial charge >= 0.3 is 6.09 Å². The molecule has 12 heteroatoms. The summed E-state index contributed by atoms with van der Waals surface area (Å²) < 4.78 is 32.2. The van der Waals surface area contributed by atoms with Gasteiger partial charge in [0.2, 0.25) is 21.8 Å². The second kappa shape index (κ2) is 9.96. The molecule has 0 atom stereocenters. The van der Waals surface area contributed by atoms with Crippen molar-refractivity contribution in [2.45, 2.75) is 31.3 Å². The highest BCUT2D eigenvalue weighted by Crippen LogP contribution is 2.20. The normalized spacial score (nSPS) is 18.0. The van der Waals surface area contributed by atoms with Gasteiger partial charge in [0.05, 0.1) is 18.0 Å². The van der Waals surface area contributed by atoms with E-state index in [2.05, 4.69) is 10.6 Å². The molecule has 0 spiro atoms. The largest absolute Gasteiger partial charge is 0.444 e. The minimum Gasteiger partial charge on any atom is -0.444 e. The van der Waals surface area contributed by atoms with E-state index in [0.717, 1.165) is 4.31 Å². The van der Waals surface area contributed by atoms with Crippen LogP contribution in [-0.4, -0.2) is 98.4 Å². The molecular formula is C21H31N5O6S. The molecule has 2 aliphatic rings. The Morgan fingerprint density at radius 1 is 1.09 bits per heavy atom. The summed E-state index contributed by atoms with van der Waals surface area (Å²) >= 11 is 0. The van der Waals surface area contributed by atoms with E-state index in [9.17, 15) is 22.8 Å². The minimum atomic E-state index is -3.82. The average molecular weight is 482 g/mol. The van der Waals surface area contributed by atoms with Gasteiger partial charge in [0.1, 0.15) is 5.60 Å². The predicted molar refractivity (Wildman–Crippen MR) is 121 cm³/mol. The third-order valence-corrected chi connectivity index (χ3v) is 7.04. The van der Waals surface area contributed by atoms with Crippen LogP contribution < -0.4 is 10.6 Å². The van der Waals surface area contributed by atoms with Crippen LogP contribution in [0.2, 0.25) is 0 Å². The Bertz CT molecular complexity index is 999. The summed E-state index contributed by atoms with van der Waals surface area (Å²) in [6.07, 6.45) is -0.392. The molecule has 0 radical (unpaired) electrons. The first-order valence-corrected chi connectivity index (χ1v) is 12.3. The van der Waals surface area contributed by atoms with Crippen LogP contribution in [0.4, 0.5) is 10.5 Å². The van der Waals surface area contributed by atoms with E-state index in [1.54, 1.807) is 42.7 Å². The van der Waals surface area contributed by atoms with Crippen LogP contribution in [0, 0.1) is 0 Å². The maximum atomic E-state index is 12.8. The summed E-state index contributed by atoms with van der Waals surface area (Å²) in [7, 11) is -3.82. The highest BCUT2D eigenvalue weighted by molar-refractivity contribution is 7.89. The summed E-state index contributed by atoms with van der Waals surface area (Å²) in [4.78, 5) is 39.6. The topological polar surface area (TPSA) is 128 Å². The number of carbonyl (C=O) groups is 3. The van der Waals surface area contributed by atoms with E-state index in [-0.39, 0.29) is 42.9 Å². The number of anilines is 1. The second-order valence-corrected chi connectivity index (χ2v) is 10.9. The zero-order valence-electron chi connectivity index (χ0n) is 19.2. The van der Waals surface area contributed by atoms with Crippen molar-refractivity contribution in [2.24, 2.45) is 0 Å². The molecule has 0 aliphatic carbocycles. The molecule has 1 aromatic carbocycles. The van der Waals surface area contributed by atoms with Gasteiger partial charge in [0.25, 0.3) is 0 Å². The molecule has 0 unspecified atom stereocenters. The Morgan fingerprint density at radius 2 is 1.76 bits per heavy atom. The highest BCUT2D eigenvalue weighted by Gasteiger charge is 2.30. The van der Waals surface area contributed by atoms with Crippen molar-refractivity contribution in [2.75, 3.05) is 57.7 Å². The van der Waals surface area contributed by atoms with Crippen molar-refractivity contribution in [3.8, 4) is 0 Å². The molecule has 2 aliphatic heterocycles. The van der Waals surface area contributed by atoms with E-state index < -0.39 is 21.7 Å². The van der Waals surface area contributed by atoms with Crippen LogP contribution in [0.25, 0.3) is 0 Å². The monoisotopic (exact) mass is 481 g/mol. The Balaban J connectivity index is 1.53. The molecule has 1 aromatic rings. The minimum absolute atomic E-state index is 0.0118. The number of ether oxygens (including phenoxy) is 1. The fraction of sp³-hybridized carbons (Fsp3) is 0.571. The Morgan fingerprint density at radius 3 is 2.39 bits per heavy atom. The first-order chi connectivity index (χ1) is 15.5. The number of sulfonamides is 1. The molecule has 2 saturated heterocycles. The van der Waals surface area contributed by atoms with Crippen molar-refractivity contribution in [3.05, 3.63) is 24.3 Å². The second-order valence-electron chi connectivity index (χ2n) is 8.92. The van der Waals surface area contributed by atoms with Crippen molar-refractivity contribution in [3.63, 3.8) is 0 Å². The third-order valence-electron chi connectivity index (χ3n) is 5.20. The lowest BCUT2D eigenvalue weighted by atomic mass is 10.2. The molecule has 182 valence electrons. The molecule has 3 rings (SSSR count). The highest BCUT2D eigenvalue weighted by atomic mass is 32.2. The van der Waals surface area contributed by atoms with Gasteiger partial charge in [-0.1, -0.05) is 6.07 Å². The van der Waals surface area contributed by atoms with Crippen LogP contribution in [0.5, 0.6) is 0 Å². The zero-order valence-corrected chi connectivity index (χ0v) is 20.0. The lowest BCUT2D eigenvalue weighted by molar-refractivity contribution is -0.131. The fourth-order valence-electron chi connectivity index (χ4n) is 3.49. The standard InChI is InChI=1S/C21H31N5O6S/c1-21(2,3)32-20(29)25-11-9-24(10-12-25)19(28)14-23-16-5-4-6-17(13-16)33(30,31)26-8-7-22-18(27)15-26/h4-6,13,23H,7-12,14-15H2,1-3H3,(H,22,27). The fourth-order valence-corrected chi connectivity index (χ4v) is 4.93. The van der Waals surface area contributed by atoms with Crippen molar-refractivity contribution in [1.82, 2.24) is 19.4 Å². The summed E-state index contributed by atoms with van der Waals surface area (Å²) in [6, 6.07) is 6.18. The van der Waals surface area contributed by atoms with Gasteiger partial charge in [-0.2, -0.15) is 4.31 Å². The molecular weight excluding hydrogens is 450 g/mol. The zero-order chi connectivity index (χ0) is 24.2. The van der Waals surface area contributed by atoms with E-state index in [1.165, 1.54) is 12.1 Å². The van der Waals surface area contributed by atoms with E-state index >= 15 is 0 Å². The van der Waals surface area contributed by atoms with Gasteiger partial charge < -0.3 is 25.2 Å². The van der Waals surface area contributed by atoms with Crippen LogP contribution in [0.3, 0.4) is 0 Å². The van der Waals surface area contributed by atoms with Gasteiger partial charge in [-0.3, -0.25) is 9.59 Å². The number of carbonyl (C=O) groups excluding carboxylic acids is 3. The number of nitrogens with zero attached hydrogens (tertiary/aromatic N) is 3. The Kier molecular flexibility index (Phi) is 7.48. The molecule has 0 bridgehead atoms. The maximum absolute atomic E-state index is 12.8. The van der Waals surface area contributed by atoms with Crippen molar-refractivity contribution >= 4 is 33.6 Å². The number of hydrogen-bond acceptors (Lipinski definition) is 7. The van der Waals surface area contributed by atoms with E-state index in [4.69, 9.17) is 4.74 Å². The first kappa shape index (κ1) is 24.8. The van der Waals surface area contributed by atoms with E-state index in [1.807, 2.05) is 0 Å². The molecule has 0 aromatic heterocycles. The maximum Gasteiger partial charge on any atom is 0.410 e. The Hall–Kier alpha value is -2.86. The van der Waals surface area contributed by atoms with E-state index in [0.29, 0.717) is 31.9 Å². The summed E-state index contributed by atoms with van der Waals surface area (Å²) in [5, 5.41) is 5.57. The van der Waals surface area contributed by atoms with Gasteiger partial charge in [0, 0.05) is 45.0 Å². The quantitative estimate of drug-likeness (QED) is 0.619. The smallest absolute Gasteiger partial charge is 0.410 e. The lowest BCUT2D eigenvalue weighted by Gasteiger charge is -2.35. The number of hydrogen-bond donors (Lipinski definition) is 2. The van der Waals surface area contributed by atoms with Crippen LogP contribution >= 0.6 is 0 Å². The number of amides is 3. The number of nitrogens with one attached hydrogen (secondary N) is 2. The Labute approximate surface area is 194 Å². The summed E-state index contributed by atoms with van der Waals surface area (Å²) in [5.41, 5.74) is -0.0885. The van der Waals surface area contributed by atoms with Crippen LogP contribution in [0.15, 0.2) is 29.2 Å². The number of benzene rings is 1. The molecule has 2 N–H and O–H groups in total. The van der Waals surface area contributed by atoms with Crippen LogP contribution in [-0.2, 0) is 24.3 Å². The number of rotatable bonds is 5. The van der Waals surface area contributed by atoms with Gasteiger partial charge in [-0.05, 0) is 39.0 Å². The lowest BCUT2D eigenvalue weighted by Crippen LogP contribution is -2.52. The average Bonchev–Trinajstić information content (AvgIpc) is 2.76. The molecule has 2 heterocycles. The third kappa shape index (κ3) is 6.57. The van der Waals surface area contributed by atoms with Crippen molar-refractivity contribution in [1.29, 1.82) is 0 Å².